The number of nitrogens with one attached hydrogen (secondary N) is 1. The third-order valence-electron chi connectivity index (χ3n) is 3.40. The molecule has 22 heavy (non-hydrogen) atoms. The lowest BCUT2D eigenvalue weighted by Crippen LogP contribution is -2.25. The van der Waals surface area contributed by atoms with Gasteiger partial charge in [0.15, 0.2) is 5.69 Å². The zero-order valence-corrected chi connectivity index (χ0v) is 12.2. The minimum absolute atomic E-state index is 0.218. The Morgan fingerprint density at radius 1 is 1.23 bits per heavy atom. The molecule has 0 atom stereocenters. The zero-order chi connectivity index (χ0) is 15.5. The first-order chi connectivity index (χ1) is 10.7. The molecule has 112 valence electrons. The van der Waals surface area contributed by atoms with E-state index in [2.05, 4.69) is 10.3 Å². The Labute approximate surface area is 127 Å². The molecule has 0 bridgehead atoms. The highest BCUT2D eigenvalue weighted by molar-refractivity contribution is 5.99. The van der Waals surface area contributed by atoms with Crippen molar-refractivity contribution in [3.8, 4) is 11.3 Å². The second-order valence-electron chi connectivity index (χ2n) is 5.00. The summed E-state index contributed by atoms with van der Waals surface area (Å²) in [5.41, 5.74) is 2.46. The Morgan fingerprint density at radius 3 is 2.73 bits per heavy atom. The first-order valence-electron chi connectivity index (χ1n) is 7.22. The largest absolute Gasteiger partial charge is 0.351 e. The van der Waals surface area contributed by atoms with Crippen LogP contribution in [0.15, 0.2) is 48.7 Å². The predicted octanol–water partition coefficient (Wildman–Crippen LogP) is 3.28. The number of nitrogens with zero attached hydrogens (tertiary/aromatic N) is 2. The quantitative estimate of drug-likeness (QED) is 0.803. The Morgan fingerprint density at radius 2 is 2.00 bits per heavy atom. The van der Waals surface area contributed by atoms with Crippen LogP contribution in [0.25, 0.3) is 16.9 Å². The highest BCUT2D eigenvalue weighted by Crippen LogP contribution is 2.25. The molecular formula is C17H16FN3O. The van der Waals surface area contributed by atoms with E-state index in [1.165, 1.54) is 12.1 Å². The van der Waals surface area contributed by atoms with E-state index in [1.54, 1.807) is 12.1 Å². The highest BCUT2D eigenvalue weighted by Gasteiger charge is 2.19. The van der Waals surface area contributed by atoms with Crippen molar-refractivity contribution >= 4 is 11.6 Å². The molecule has 0 aliphatic heterocycles. The molecule has 0 radical (unpaired) electrons. The normalized spacial score (nSPS) is 10.8. The Kier molecular flexibility index (Phi) is 3.87. The van der Waals surface area contributed by atoms with Gasteiger partial charge in [-0.25, -0.2) is 9.37 Å². The van der Waals surface area contributed by atoms with E-state index in [0.717, 1.165) is 12.0 Å². The second-order valence-corrected chi connectivity index (χ2v) is 5.00. The minimum Gasteiger partial charge on any atom is -0.351 e. The summed E-state index contributed by atoms with van der Waals surface area (Å²) in [6.45, 7) is 2.58. The number of carbonyl (C=O) groups excluding carboxylic acids is 1. The maximum atomic E-state index is 13.2. The molecule has 0 saturated carbocycles. The van der Waals surface area contributed by atoms with Gasteiger partial charge in [-0.1, -0.05) is 13.0 Å². The first-order valence-corrected chi connectivity index (χ1v) is 7.22. The fourth-order valence-corrected chi connectivity index (χ4v) is 2.36. The summed E-state index contributed by atoms with van der Waals surface area (Å²) in [5.74, 6) is -0.528. The topological polar surface area (TPSA) is 46.4 Å². The van der Waals surface area contributed by atoms with Crippen molar-refractivity contribution < 1.29 is 9.18 Å². The maximum absolute atomic E-state index is 13.2. The zero-order valence-electron chi connectivity index (χ0n) is 12.2. The van der Waals surface area contributed by atoms with Gasteiger partial charge in [-0.05, 0) is 42.8 Å². The summed E-state index contributed by atoms with van der Waals surface area (Å²) in [5, 5.41) is 2.84. The van der Waals surface area contributed by atoms with Crippen LogP contribution in [-0.4, -0.2) is 21.8 Å². The van der Waals surface area contributed by atoms with E-state index >= 15 is 0 Å². The van der Waals surface area contributed by atoms with Gasteiger partial charge < -0.3 is 5.32 Å². The standard InChI is InChI=1S/C17H16FN3O/c1-2-10-19-17(22)15-16(12-6-8-13(18)9-7-12)21-11-4-3-5-14(21)20-15/h3-9,11H,2,10H2,1H3,(H,19,22). The number of imidazole rings is 1. The summed E-state index contributed by atoms with van der Waals surface area (Å²) in [6, 6.07) is 11.6. The third kappa shape index (κ3) is 2.57. The molecule has 3 aromatic rings. The van der Waals surface area contributed by atoms with Crippen LogP contribution in [0, 0.1) is 5.82 Å². The molecule has 0 unspecified atom stereocenters. The number of halogens is 1. The van der Waals surface area contributed by atoms with E-state index in [9.17, 15) is 9.18 Å². The third-order valence-corrected chi connectivity index (χ3v) is 3.40. The molecule has 3 rings (SSSR count). The van der Waals surface area contributed by atoms with Crippen LogP contribution in [-0.2, 0) is 0 Å². The SMILES string of the molecule is CCCNC(=O)c1nc2ccccn2c1-c1ccc(F)cc1. The van der Waals surface area contributed by atoms with Crippen LogP contribution < -0.4 is 5.32 Å². The monoisotopic (exact) mass is 297 g/mol. The predicted molar refractivity (Wildman–Crippen MR) is 83.2 cm³/mol. The molecule has 4 nitrogen and oxygen atoms in total. The molecule has 0 fully saturated rings. The molecule has 0 aliphatic carbocycles. The van der Waals surface area contributed by atoms with Crippen molar-refractivity contribution in [2.45, 2.75) is 13.3 Å². The summed E-state index contributed by atoms with van der Waals surface area (Å²) < 4.78 is 15.0. The number of benzene rings is 1. The number of hydrogen-bond acceptors (Lipinski definition) is 2. The molecule has 0 saturated heterocycles. The Hall–Kier alpha value is -2.69. The smallest absolute Gasteiger partial charge is 0.272 e. The molecule has 0 spiro atoms. The van der Waals surface area contributed by atoms with E-state index < -0.39 is 0 Å². The second kappa shape index (κ2) is 5.97. The van der Waals surface area contributed by atoms with Gasteiger partial charge in [0.05, 0.1) is 5.69 Å². The summed E-state index contributed by atoms with van der Waals surface area (Å²) >= 11 is 0. The summed E-state index contributed by atoms with van der Waals surface area (Å²) in [7, 11) is 0. The van der Waals surface area contributed by atoms with E-state index in [-0.39, 0.29) is 11.7 Å². The van der Waals surface area contributed by atoms with E-state index in [0.29, 0.717) is 23.6 Å². The van der Waals surface area contributed by atoms with Crippen molar-refractivity contribution in [1.82, 2.24) is 14.7 Å². The van der Waals surface area contributed by atoms with Gasteiger partial charge in [0.25, 0.3) is 5.91 Å². The lowest BCUT2D eigenvalue weighted by atomic mass is 10.1. The van der Waals surface area contributed by atoms with Crippen LogP contribution in [0.3, 0.4) is 0 Å². The molecule has 5 heteroatoms. The number of aromatic nitrogens is 2. The van der Waals surface area contributed by atoms with Crippen molar-refractivity contribution in [2.24, 2.45) is 0 Å². The van der Waals surface area contributed by atoms with Crippen molar-refractivity contribution in [1.29, 1.82) is 0 Å². The molecule has 0 aliphatic rings. The van der Waals surface area contributed by atoms with Gasteiger partial charge in [-0.2, -0.15) is 0 Å². The van der Waals surface area contributed by atoms with Gasteiger partial charge in [0.1, 0.15) is 11.5 Å². The van der Waals surface area contributed by atoms with Gasteiger partial charge in [0, 0.05) is 18.3 Å². The number of amides is 1. The van der Waals surface area contributed by atoms with Crippen LogP contribution in [0.1, 0.15) is 23.8 Å². The molecule has 1 amide bonds. The summed E-state index contributed by atoms with van der Waals surface area (Å²) in [4.78, 5) is 16.8. The molecule has 2 aromatic heterocycles. The molecule has 1 N–H and O–H groups in total. The van der Waals surface area contributed by atoms with Crippen molar-refractivity contribution in [3.05, 3.63) is 60.2 Å². The number of fused-ring (bicyclic) bond motifs is 1. The molecule has 1 aromatic carbocycles. The fraction of sp³-hybridized carbons (Fsp3) is 0.176. The minimum atomic E-state index is -0.311. The van der Waals surface area contributed by atoms with E-state index in [1.807, 2.05) is 35.7 Å². The van der Waals surface area contributed by atoms with Gasteiger partial charge in [0.2, 0.25) is 0 Å². The average molecular weight is 297 g/mol. The number of rotatable bonds is 4. The van der Waals surface area contributed by atoms with Crippen molar-refractivity contribution in [3.63, 3.8) is 0 Å². The van der Waals surface area contributed by atoms with Crippen LogP contribution >= 0.6 is 0 Å². The van der Waals surface area contributed by atoms with Crippen LogP contribution in [0.2, 0.25) is 0 Å². The van der Waals surface area contributed by atoms with Crippen LogP contribution in [0.5, 0.6) is 0 Å². The first kappa shape index (κ1) is 14.3. The average Bonchev–Trinajstić information content (AvgIpc) is 2.93. The Bertz CT molecular complexity index is 808. The van der Waals surface area contributed by atoms with Crippen LogP contribution in [0.4, 0.5) is 4.39 Å². The maximum Gasteiger partial charge on any atom is 0.272 e. The lowest BCUT2D eigenvalue weighted by molar-refractivity contribution is 0.0950. The molecular weight excluding hydrogens is 281 g/mol. The number of pyridine rings is 1. The Balaban J connectivity index is 2.16. The number of hydrogen-bond donors (Lipinski definition) is 1. The highest BCUT2D eigenvalue weighted by atomic mass is 19.1. The van der Waals surface area contributed by atoms with Gasteiger partial charge in [-0.3, -0.25) is 9.20 Å². The van der Waals surface area contributed by atoms with E-state index in [4.69, 9.17) is 0 Å². The summed E-state index contributed by atoms with van der Waals surface area (Å²) in [6.07, 6.45) is 2.70. The van der Waals surface area contributed by atoms with Gasteiger partial charge in [-0.15, -0.1) is 0 Å². The van der Waals surface area contributed by atoms with Crippen molar-refractivity contribution in [2.75, 3.05) is 6.54 Å². The fourth-order valence-electron chi connectivity index (χ4n) is 2.36. The van der Waals surface area contributed by atoms with Gasteiger partial charge >= 0.3 is 0 Å². The molecule has 2 heterocycles. The number of carbonyl (C=O) groups is 1. The lowest BCUT2D eigenvalue weighted by Gasteiger charge is -2.06.